The van der Waals surface area contributed by atoms with E-state index in [4.69, 9.17) is 10.2 Å². The third kappa shape index (κ3) is 3.00. The average molecular weight is 432 g/mol. The van der Waals surface area contributed by atoms with E-state index in [0.29, 0.717) is 42.8 Å². The lowest BCUT2D eigenvalue weighted by atomic mass is 10.0. The van der Waals surface area contributed by atoms with Gasteiger partial charge >= 0.3 is 0 Å². The topological polar surface area (TPSA) is 123 Å². The molecule has 0 atom stereocenters. The van der Waals surface area contributed by atoms with Crippen molar-refractivity contribution >= 4 is 33.6 Å². The van der Waals surface area contributed by atoms with Crippen LogP contribution in [0.2, 0.25) is 0 Å². The van der Waals surface area contributed by atoms with Gasteiger partial charge in [-0.05, 0) is 44.4 Å². The van der Waals surface area contributed by atoms with Gasteiger partial charge in [-0.1, -0.05) is 18.7 Å². The van der Waals surface area contributed by atoms with Crippen LogP contribution in [0.4, 0.5) is 5.82 Å². The molecular formula is C23H24N6O3. The summed E-state index contributed by atoms with van der Waals surface area (Å²) in [5.74, 6) is 0.732. The zero-order chi connectivity index (χ0) is 22.6. The second kappa shape index (κ2) is 7.37. The van der Waals surface area contributed by atoms with Crippen molar-refractivity contribution in [3.05, 3.63) is 52.3 Å². The second-order valence-corrected chi connectivity index (χ2v) is 8.27. The summed E-state index contributed by atoms with van der Waals surface area (Å²) in [6.45, 7) is 8.72. The summed E-state index contributed by atoms with van der Waals surface area (Å²) >= 11 is 0. The summed E-state index contributed by atoms with van der Waals surface area (Å²) in [5, 5.41) is 12.5. The molecule has 1 amide bonds. The first-order valence-corrected chi connectivity index (χ1v) is 10.6. The molecule has 1 aliphatic rings. The molecule has 4 heterocycles. The minimum atomic E-state index is -0.405. The van der Waals surface area contributed by atoms with Crippen LogP contribution in [0.15, 0.2) is 40.1 Å². The van der Waals surface area contributed by atoms with Crippen molar-refractivity contribution in [2.45, 2.75) is 32.7 Å². The lowest BCUT2D eigenvalue weighted by molar-refractivity contribution is -0.127. The van der Waals surface area contributed by atoms with Crippen molar-refractivity contribution in [2.24, 2.45) is 0 Å². The van der Waals surface area contributed by atoms with E-state index in [1.165, 1.54) is 6.08 Å². The van der Waals surface area contributed by atoms with Gasteiger partial charge in [0, 0.05) is 24.0 Å². The van der Waals surface area contributed by atoms with Gasteiger partial charge in [0.05, 0.1) is 11.4 Å². The highest BCUT2D eigenvalue weighted by Crippen LogP contribution is 2.40. The third-order valence-corrected chi connectivity index (χ3v) is 6.27. The fourth-order valence-electron chi connectivity index (χ4n) is 4.56. The van der Waals surface area contributed by atoms with Gasteiger partial charge in [0.25, 0.3) is 5.56 Å². The minimum absolute atomic E-state index is 0.0283. The third-order valence-electron chi connectivity index (χ3n) is 6.27. The minimum Gasteiger partial charge on any atom is -0.454 e. The summed E-state index contributed by atoms with van der Waals surface area (Å²) in [6.07, 6.45) is 2.70. The average Bonchev–Trinajstić information content (AvgIpc) is 3.34. The monoisotopic (exact) mass is 432 g/mol. The molecule has 32 heavy (non-hydrogen) atoms. The van der Waals surface area contributed by atoms with Gasteiger partial charge in [0.15, 0.2) is 17.1 Å². The molecule has 4 aromatic rings. The number of hydrogen-bond donors (Lipinski definition) is 2. The Morgan fingerprint density at radius 3 is 2.78 bits per heavy atom. The van der Waals surface area contributed by atoms with E-state index < -0.39 is 5.56 Å². The number of carbonyl (C=O) groups excluding carboxylic acids is 1. The first-order chi connectivity index (χ1) is 15.4. The number of nitrogens with one attached hydrogen (secondary N) is 1. The zero-order valence-corrected chi connectivity index (χ0v) is 18.0. The predicted molar refractivity (Wildman–Crippen MR) is 122 cm³/mol. The molecule has 9 nitrogen and oxygen atoms in total. The molecular weight excluding hydrogens is 408 g/mol. The molecule has 0 aliphatic carbocycles. The molecule has 5 rings (SSSR count). The molecule has 0 saturated carbocycles. The van der Waals surface area contributed by atoms with E-state index in [1.807, 2.05) is 36.7 Å². The van der Waals surface area contributed by atoms with Crippen molar-refractivity contribution in [3.8, 4) is 11.5 Å². The number of hydrogen-bond acceptors (Lipinski definition) is 6. The number of likely N-dealkylation sites (tertiary alicyclic amines) is 1. The van der Waals surface area contributed by atoms with E-state index in [0.717, 1.165) is 22.1 Å². The molecule has 1 aliphatic heterocycles. The number of H-pyrrole nitrogens is 1. The van der Waals surface area contributed by atoms with Crippen molar-refractivity contribution in [1.82, 2.24) is 24.9 Å². The molecule has 0 unspecified atom stereocenters. The first kappa shape index (κ1) is 20.0. The highest BCUT2D eigenvalue weighted by atomic mass is 16.3. The van der Waals surface area contributed by atoms with Crippen molar-refractivity contribution in [1.29, 1.82) is 0 Å². The molecule has 0 radical (unpaired) electrons. The van der Waals surface area contributed by atoms with E-state index in [9.17, 15) is 9.59 Å². The molecule has 1 saturated heterocycles. The van der Waals surface area contributed by atoms with Gasteiger partial charge in [-0.2, -0.15) is 10.2 Å². The number of aryl methyl sites for hydroxylation is 2. The summed E-state index contributed by atoms with van der Waals surface area (Å²) in [6, 6.07) is 6.03. The van der Waals surface area contributed by atoms with Crippen LogP contribution in [-0.2, 0) is 4.79 Å². The van der Waals surface area contributed by atoms with Crippen LogP contribution in [0, 0.1) is 13.8 Å². The Morgan fingerprint density at radius 2 is 2.06 bits per heavy atom. The van der Waals surface area contributed by atoms with Gasteiger partial charge in [-0.25, -0.2) is 5.10 Å². The summed E-state index contributed by atoms with van der Waals surface area (Å²) in [4.78, 5) is 26.3. The van der Waals surface area contributed by atoms with Crippen LogP contribution in [0.3, 0.4) is 0 Å². The Hall–Kier alpha value is -3.88. The number of aromatic nitrogens is 4. The van der Waals surface area contributed by atoms with Crippen LogP contribution in [0.1, 0.15) is 30.0 Å². The Kier molecular flexibility index (Phi) is 4.61. The van der Waals surface area contributed by atoms with Crippen LogP contribution >= 0.6 is 0 Å². The molecule has 3 N–H and O–H groups in total. The second-order valence-electron chi connectivity index (χ2n) is 8.27. The smallest absolute Gasteiger partial charge is 0.292 e. The zero-order valence-electron chi connectivity index (χ0n) is 18.0. The normalized spacial score (nSPS) is 15.0. The number of nitrogen functional groups attached to an aromatic ring is 1. The maximum absolute atomic E-state index is 12.5. The number of nitrogens with two attached hydrogens (primary N) is 1. The number of rotatable bonds is 3. The number of anilines is 1. The Bertz CT molecular complexity index is 1440. The highest BCUT2D eigenvalue weighted by molar-refractivity contribution is 6.01. The van der Waals surface area contributed by atoms with E-state index in [1.54, 1.807) is 4.90 Å². The number of nitrogens with zero attached hydrogens (tertiary/aromatic N) is 4. The van der Waals surface area contributed by atoms with Gasteiger partial charge in [0.2, 0.25) is 5.91 Å². The van der Waals surface area contributed by atoms with Gasteiger partial charge < -0.3 is 15.1 Å². The number of fused-ring (bicyclic) bond motifs is 2. The van der Waals surface area contributed by atoms with E-state index in [-0.39, 0.29) is 23.3 Å². The number of furan rings is 1. The molecule has 1 fully saturated rings. The quantitative estimate of drug-likeness (QED) is 0.480. The summed E-state index contributed by atoms with van der Waals surface area (Å²) in [7, 11) is 0. The maximum Gasteiger partial charge on any atom is 0.292 e. The van der Waals surface area contributed by atoms with Crippen LogP contribution in [0.5, 0.6) is 0 Å². The number of amides is 1. The lowest BCUT2D eigenvalue weighted by Crippen LogP contribution is -2.38. The Morgan fingerprint density at radius 1 is 1.31 bits per heavy atom. The van der Waals surface area contributed by atoms with Gasteiger partial charge in [-0.15, -0.1) is 0 Å². The standard InChI is InChI=1S/C23H24N6O3/c1-4-17(30)28-9-7-14(8-10-28)29-20(18-19(27-29)23(31)26-25-22(18)24)21-13(3)15-6-5-12(2)11-16(15)32-21/h4-6,11,14H,1,7-10H2,2-3H3,(H2,24,25)(H,26,31). The molecule has 3 aromatic heterocycles. The SMILES string of the molecule is C=CC(=O)N1CCC(n2nc3c(=O)[nH]nc(N)c3c2-c2oc3cc(C)ccc3c2C)CC1. The lowest BCUT2D eigenvalue weighted by Gasteiger charge is -2.32. The van der Waals surface area contributed by atoms with Crippen molar-refractivity contribution in [2.75, 3.05) is 18.8 Å². The van der Waals surface area contributed by atoms with Crippen LogP contribution in [-0.4, -0.2) is 43.9 Å². The first-order valence-electron chi connectivity index (χ1n) is 10.6. The molecule has 0 bridgehead atoms. The van der Waals surface area contributed by atoms with Gasteiger partial charge in [0.1, 0.15) is 11.3 Å². The molecule has 0 spiro atoms. The largest absolute Gasteiger partial charge is 0.454 e. The fraction of sp³-hybridized carbons (Fsp3) is 0.304. The van der Waals surface area contributed by atoms with Crippen molar-refractivity contribution < 1.29 is 9.21 Å². The van der Waals surface area contributed by atoms with E-state index >= 15 is 0 Å². The predicted octanol–water partition coefficient (Wildman–Crippen LogP) is 3.08. The fourth-order valence-corrected chi connectivity index (χ4v) is 4.56. The molecule has 1 aromatic carbocycles. The van der Waals surface area contributed by atoms with Gasteiger partial charge in [-0.3, -0.25) is 14.3 Å². The van der Waals surface area contributed by atoms with Crippen LogP contribution < -0.4 is 11.3 Å². The summed E-state index contributed by atoms with van der Waals surface area (Å²) < 4.78 is 8.14. The number of aromatic amines is 1. The van der Waals surface area contributed by atoms with E-state index in [2.05, 4.69) is 21.9 Å². The molecule has 9 heteroatoms. The summed E-state index contributed by atoms with van der Waals surface area (Å²) in [5.41, 5.74) is 9.49. The Labute approximate surface area is 183 Å². The van der Waals surface area contributed by atoms with Crippen molar-refractivity contribution in [3.63, 3.8) is 0 Å². The number of carbonyl (C=O) groups is 1. The number of benzene rings is 1. The maximum atomic E-state index is 12.5. The van der Waals surface area contributed by atoms with Crippen LogP contribution in [0.25, 0.3) is 33.3 Å². The highest BCUT2D eigenvalue weighted by Gasteiger charge is 2.30. The Balaban J connectivity index is 1.71. The molecule has 164 valence electrons. The number of piperidine rings is 1.